The Balaban J connectivity index is 0.968. The zero-order chi connectivity index (χ0) is 41.2. The number of hydrogen-bond donors (Lipinski definition) is 4. The van der Waals surface area contributed by atoms with E-state index in [1.54, 1.807) is 68.7 Å². The van der Waals surface area contributed by atoms with Crippen LogP contribution in [0.1, 0.15) is 73.9 Å². The highest BCUT2D eigenvalue weighted by Crippen LogP contribution is 2.43. The SMILES string of the molecule is CC[C@@]1(O)C(=O)OCc2c1cc1n(c2=O)Cc2c-1nc1ccc(NC(=O)C(C)NC(=O)C(NC(=O)Cc3ccc(N4C(=O)C=CC4=O)cc3)C(C)C)c3c1c2CCC3. The van der Waals surface area contributed by atoms with E-state index in [-0.39, 0.29) is 48.6 Å². The standard InChI is InChI=1S/C43H42N6O9/c1-5-43(57)29-18-32-38-27(19-48(32)41(55)28(29)20-58-42(43)56)25-7-6-8-26-30(13-14-31(45-38)36(25)26)46-39(53)22(4)44-40(54)37(21(2)3)47-33(50)17-23-9-11-24(12-10-23)49-34(51)15-16-35(49)52/h9-16,18,21-22,37,57H,5-8,17,19-20H2,1-4H3,(H,44,54)(H,46,53)(H,47,50)/t22?,37?,43-/m0/s1. The first kappa shape index (κ1) is 38.4. The first-order chi connectivity index (χ1) is 27.7. The van der Waals surface area contributed by atoms with E-state index < -0.39 is 53.2 Å². The summed E-state index contributed by atoms with van der Waals surface area (Å²) in [4.78, 5) is 96.5. The van der Waals surface area contributed by atoms with Crippen molar-refractivity contribution in [1.82, 2.24) is 20.2 Å². The predicted octanol–water partition coefficient (Wildman–Crippen LogP) is 2.82. The molecule has 2 unspecified atom stereocenters. The second-order valence-corrected chi connectivity index (χ2v) is 15.6. The summed E-state index contributed by atoms with van der Waals surface area (Å²) in [5.74, 6) is -3.36. The minimum atomic E-state index is -1.92. The van der Waals surface area contributed by atoms with Crippen molar-refractivity contribution < 1.29 is 38.6 Å². The van der Waals surface area contributed by atoms with E-state index in [0.717, 1.165) is 39.8 Å². The van der Waals surface area contributed by atoms with Gasteiger partial charge in [-0.2, -0.15) is 0 Å². The van der Waals surface area contributed by atoms with Crippen molar-refractivity contribution in [2.75, 3.05) is 10.2 Å². The molecule has 5 heterocycles. The van der Waals surface area contributed by atoms with Crippen molar-refractivity contribution >= 4 is 57.8 Å². The van der Waals surface area contributed by atoms with E-state index in [4.69, 9.17) is 9.72 Å². The maximum absolute atomic E-state index is 13.8. The van der Waals surface area contributed by atoms with Crippen molar-refractivity contribution in [2.24, 2.45) is 5.92 Å². The van der Waals surface area contributed by atoms with Gasteiger partial charge in [0.2, 0.25) is 17.7 Å². The lowest BCUT2D eigenvalue weighted by Crippen LogP contribution is -2.54. The number of aryl methyl sites for hydroxylation is 2. The van der Waals surface area contributed by atoms with Gasteiger partial charge >= 0.3 is 5.97 Å². The quantitative estimate of drug-likeness (QED) is 0.120. The van der Waals surface area contributed by atoms with Crippen molar-refractivity contribution in [3.8, 4) is 11.4 Å². The molecular weight excluding hydrogens is 745 g/mol. The molecule has 4 aliphatic rings. The minimum Gasteiger partial charge on any atom is -0.458 e. The third kappa shape index (κ3) is 6.35. The number of nitrogens with one attached hydrogen (secondary N) is 3. The summed E-state index contributed by atoms with van der Waals surface area (Å²) in [6.07, 6.45) is 4.56. The van der Waals surface area contributed by atoms with Gasteiger partial charge in [-0.25, -0.2) is 14.7 Å². The fourth-order valence-corrected chi connectivity index (χ4v) is 8.41. The zero-order valence-corrected chi connectivity index (χ0v) is 32.4. The Kier molecular flexibility index (Phi) is 9.58. The van der Waals surface area contributed by atoms with Gasteiger partial charge in [0.25, 0.3) is 17.4 Å². The number of aliphatic hydroxyl groups is 1. The molecule has 58 heavy (non-hydrogen) atoms. The minimum absolute atomic E-state index is 0.0471. The smallest absolute Gasteiger partial charge is 0.343 e. The highest BCUT2D eigenvalue weighted by Gasteiger charge is 2.45. The van der Waals surface area contributed by atoms with Gasteiger partial charge in [0, 0.05) is 34.4 Å². The molecule has 15 nitrogen and oxygen atoms in total. The number of pyridine rings is 2. The average molecular weight is 787 g/mol. The van der Waals surface area contributed by atoms with Crippen LogP contribution in [0.4, 0.5) is 11.4 Å². The topological polar surface area (TPSA) is 206 Å². The van der Waals surface area contributed by atoms with Crippen LogP contribution in [0.15, 0.2) is 59.4 Å². The third-order valence-electron chi connectivity index (χ3n) is 11.6. The molecule has 8 rings (SSSR count). The monoisotopic (exact) mass is 786 g/mol. The third-order valence-corrected chi connectivity index (χ3v) is 11.6. The zero-order valence-electron chi connectivity index (χ0n) is 32.4. The van der Waals surface area contributed by atoms with Crippen molar-refractivity contribution in [3.05, 3.63) is 98.4 Å². The average Bonchev–Trinajstić information content (AvgIpc) is 3.75. The summed E-state index contributed by atoms with van der Waals surface area (Å²) >= 11 is 0. The van der Waals surface area contributed by atoms with Crippen LogP contribution in [-0.2, 0) is 71.5 Å². The van der Waals surface area contributed by atoms with Crippen LogP contribution in [0.25, 0.3) is 22.3 Å². The molecule has 15 heteroatoms. The summed E-state index contributed by atoms with van der Waals surface area (Å²) in [6.45, 7) is 6.86. The Morgan fingerprint density at radius 3 is 2.29 bits per heavy atom. The molecule has 0 saturated carbocycles. The van der Waals surface area contributed by atoms with Gasteiger partial charge < -0.3 is 30.4 Å². The van der Waals surface area contributed by atoms with Gasteiger partial charge in [-0.1, -0.05) is 32.9 Å². The number of nitrogens with zero attached hydrogens (tertiary/aromatic N) is 3. The van der Waals surface area contributed by atoms with Gasteiger partial charge in [0.05, 0.1) is 41.1 Å². The number of fused-ring (bicyclic) bond motifs is 5. The molecule has 0 spiro atoms. The summed E-state index contributed by atoms with van der Waals surface area (Å²) in [6, 6.07) is 9.82. The molecule has 3 aliphatic heterocycles. The maximum atomic E-state index is 13.8. The van der Waals surface area contributed by atoms with E-state index in [9.17, 15) is 38.7 Å². The molecule has 0 bridgehead atoms. The highest BCUT2D eigenvalue weighted by atomic mass is 16.6. The molecule has 0 radical (unpaired) electrons. The molecule has 2 aromatic heterocycles. The Hall–Kier alpha value is -6.48. The van der Waals surface area contributed by atoms with Gasteiger partial charge in [-0.15, -0.1) is 0 Å². The maximum Gasteiger partial charge on any atom is 0.343 e. The molecular formula is C43H42N6O9. The predicted molar refractivity (Wildman–Crippen MR) is 211 cm³/mol. The largest absolute Gasteiger partial charge is 0.458 e. The molecule has 4 aromatic rings. The normalized spacial score (nSPS) is 18.7. The summed E-state index contributed by atoms with van der Waals surface area (Å²) in [5, 5.41) is 20.7. The lowest BCUT2D eigenvalue weighted by atomic mass is 9.85. The van der Waals surface area contributed by atoms with Crippen molar-refractivity contribution in [3.63, 3.8) is 0 Å². The number of anilines is 2. The number of amides is 5. The summed E-state index contributed by atoms with van der Waals surface area (Å²) < 4.78 is 6.83. The Morgan fingerprint density at radius 2 is 1.60 bits per heavy atom. The first-order valence-corrected chi connectivity index (χ1v) is 19.4. The molecule has 4 N–H and O–H groups in total. The van der Waals surface area contributed by atoms with Crippen LogP contribution in [0, 0.1) is 5.92 Å². The number of carbonyl (C=O) groups excluding carboxylic acids is 6. The fourth-order valence-electron chi connectivity index (χ4n) is 8.41. The number of cyclic esters (lactones) is 1. The lowest BCUT2D eigenvalue weighted by Gasteiger charge is -2.31. The molecule has 0 saturated heterocycles. The van der Waals surface area contributed by atoms with Crippen LogP contribution < -0.4 is 26.4 Å². The number of aromatic nitrogens is 2. The summed E-state index contributed by atoms with van der Waals surface area (Å²) in [5.41, 5.74) is 4.49. The van der Waals surface area contributed by atoms with E-state index in [1.165, 1.54) is 12.2 Å². The first-order valence-electron chi connectivity index (χ1n) is 19.4. The van der Waals surface area contributed by atoms with E-state index in [1.807, 2.05) is 6.07 Å². The van der Waals surface area contributed by atoms with Gasteiger partial charge in [-0.3, -0.25) is 28.8 Å². The van der Waals surface area contributed by atoms with Crippen molar-refractivity contribution in [1.29, 1.82) is 0 Å². The highest BCUT2D eigenvalue weighted by molar-refractivity contribution is 6.28. The van der Waals surface area contributed by atoms with Crippen LogP contribution in [0.3, 0.4) is 0 Å². The Labute approximate surface area is 332 Å². The van der Waals surface area contributed by atoms with E-state index >= 15 is 0 Å². The van der Waals surface area contributed by atoms with E-state index in [2.05, 4.69) is 16.0 Å². The number of rotatable bonds is 10. The van der Waals surface area contributed by atoms with Gasteiger partial charge in [0.15, 0.2) is 5.60 Å². The molecule has 1 aliphatic carbocycles. The van der Waals surface area contributed by atoms with Crippen LogP contribution in [0.2, 0.25) is 0 Å². The molecule has 3 atom stereocenters. The second-order valence-electron chi connectivity index (χ2n) is 15.6. The molecule has 5 amide bonds. The number of carbonyl (C=O) groups is 6. The number of esters is 1. The number of benzene rings is 2. The van der Waals surface area contributed by atoms with Gasteiger partial charge in [-0.05, 0) is 85.5 Å². The second kappa shape index (κ2) is 14.5. The molecule has 0 fully saturated rings. The van der Waals surface area contributed by atoms with Crippen LogP contribution >= 0.6 is 0 Å². The van der Waals surface area contributed by atoms with Crippen LogP contribution in [0.5, 0.6) is 0 Å². The van der Waals surface area contributed by atoms with Gasteiger partial charge in [0.1, 0.15) is 18.7 Å². The number of ether oxygens (including phenoxy) is 1. The number of hydrogen-bond acceptors (Lipinski definition) is 10. The Bertz CT molecular complexity index is 2560. The Morgan fingerprint density at radius 1 is 0.897 bits per heavy atom. The number of imide groups is 1. The summed E-state index contributed by atoms with van der Waals surface area (Å²) in [7, 11) is 0. The van der Waals surface area contributed by atoms with E-state index in [0.29, 0.717) is 40.3 Å². The molecule has 2 aromatic carbocycles. The van der Waals surface area contributed by atoms with Crippen molar-refractivity contribution in [2.45, 2.75) is 90.6 Å². The fraction of sp³-hybridized carbons (Fsp3) is 0.349. The lowest BCUT2D eigenvalue weighted by molar-refractivity contribution is -0.172. The van der Waals surface area contributed by atoms with Crippen LogP contribution in [-0.4, -0.2) is 62.2 Å². The molecule has 298 valence electrons.